The Balaban J connectivity index is 1.42. The highest BCUT2D eigenvalue weighted by Crippen LogP contribution is 2.27. The van der Waals surface area contributed by atoms with Gasteiger partial charge in [0.2, 0.25) is 6.10 Å². The van der Waals surface area contributed by atoms with Crippen LogP contribution in [0.3, 0.4) is 0 Å². The minimum absolute atomic E-state index is 0.00843. The van der Waals surface area contributed by atoms with E-state index in [1.54, 1.807) is 18.2 Å². The molecular formula is C22H20F2N4O3. The third-order valence-corrected chi connectivity index (χ3v) is 5.39. The lowest BCUT2D eigenvalue weighted by Crippen LogP contribution is -2.36. The minimum Gasteiger partial charge on any atom is -0.393 e. The molecule has 0 aliphatic carbocycles. The molecule has 2 N–H and O–H groups in total. The SMILES string of the molecule is N#Cc1cc(NC(=O)[C@@H]2CC(c3cc(F)ccc3F)=NO2)ccc1N1CCC(O)CC1. The molecule has 2 aliphatic heterocycles. The monoisotopic (exact) mass is 426 g/mol. The Kier molecular flexibility index (Phi) is 5.82. The zero-order valence-corrected chi connectivity index (χ0v) is 16.5. The van der Waals surface area contributed by atoms with E-state index in [1.807, 2.05) is 4.90 Å². The second-order valence-corrected chi connectivity index (χ2v) is 7.51. The van der Waals surface area contributed by atoms with Crippen molar-refractivity contribution in [1.82, 2.24) is 0 Å². The first kappa shape index (κ1) is 20.8. The van der Waals surface area contributed by atoms with Crippen molar-refractivity contribution in [2.45, 2.75) is 31.5 Å². The first-order chi connectivity index (χ1) is 14.9. The van der Waals surface area contributed by atoms with Crippen LogP contribution in [0.15, 0.2) is 41.6 Å². The van der Waals surface area contributed by atoms with Gasteiger partial charge in [-0.1, -0.05) is 5.16 Å². The number of nitrogens with zero attached hydrogens (tertiary/aromatic N) is 3. The molecule has 7 nitrogen and oxygen atoms in total. The average molecular weight is 426 g/mol. The summed E-state index contributed by atoms with van der Waals surface area (Å²) in [5.74, 6) is -1.77. The van der Waals surface area contributed by atoms with Gasteiger partial charge in [0.15, 0.2) is 0 Å². The van der Waals surface area contributed by atoms with Crippen LogP contribution in [0.5, 0.6) is 0 Å². The zero-order valence-electron chi connectivity index (χ0n) is 16.5. The molecule has 0 spiro atoms. The number of aliphatic hydroxyl groups excluding tert-OH is 1. The molecule has 0 aromatic heterocycles. The van der Waals surface area contributed by atoms with Crippen LogP contribution in [-0.2, 0) is 9.63 Å². The van der Waals surface area contributed by atoms with E-state index in [4.69, 9.17) is 4.84 Å². The maximum absolute atomic E-state index is 13.9. The van der Waals surface area contributed by atoms with Crippen LogP contribution in [0.4, 0.5) is 20.2 Å². The Labute approximate surface area is 177 Å². The molecule has 1 amide bonds. The molecule has 2 aromatic carbocycles. The van der Waals surface area contributed by atoms with E-state index in [1.165, 1.54) is 0 Å². The van der Waals surface area contributed by atoms with Crippen molar-refractivity contribution in [3.8, 4) is 6.07 Å². The number of hydrogen-bond donors (Lipinski definition) is 2. The summed E-state index contributed by atoms with van der Waals surface area (Å²) in [6, 6.07) is 10.2. The number of benzene rings is 2. The van der Waals surface area contributed by atoms with Crippen molar-refractivity contribution in [1.29, 1.82) is 5.26 Å². The van der Waals surface area contributed by atoms with Gasteiger partial charge in [0.05, 0.1) is 23.1 Å². The summed E-state index contributed by atoms with van der Waals surface area (Å²) < 4.78 is 27.4. The van der Waals surface area contributed by atoms with Gasteiger partial charge in [-0.15, -0.1) is 0 Å². The van der Waals surface area contributed by atoms with Crippen LogP contribution in [0.25, 0.3) is 0 Å². The molecule has 2 aliphatic rings. The Morgan fingerprint density at radius 2 is 2.00 bits per heavy atom. The van der Waals surface area contributed by atoms with Crippen molar-refractivity contribution in [2.75, 3.05) is 23.3 Å². The highest BCUT2D eigenvalue weighted by Gasteiger charge is 2.30. The van der Waals surface area contributed by atoms with Gasteiger partial charge in [0.25, 0.3) is 5.91 Å². The fourth-order valence-electron chi connectivity index (χ4n) is 3.70. The van der Waals surface area contributed by atoms with E-state index >= 15 is 0 Å². The molecular weight excluding hydrogens is 406 g/mol. The number of carbonyl (C=O) groups excluding carboxylic acids is 1. The van der Waals surface area contributed by atoms with Gasteiger partial charge in [0, 0.05) is 30.8 Å². The van der Waals surface area contributed by atoms with Crippen LogP contribution in [-0.4, -0.2) is 42.0 Å². The van der Waals surface area contributed by atoms with Crippen LogP contribution in [0, 0.1) is 23.0 Å². The summed E-state index contributed by atoms with van der Waals surface area (Å²) in [7, 11) is 0. The number of aliphatic hydroxyl groups is 1. The van der Waals surface area contributed by atoms with Gasteiger partial charge in [-0.3, -0.25) is 4.79 Å². The summed E-state index contributed by atoms with van der Waals surface area (Å²) in [5.41, 5.74) is 1.67. The van der Waals surface area contributed by atoms with Crippen molar-refractivity contribution in [3.63, 3.8) is 0 Å². The van der Waals surface area contributed by atoms with Crippen molar-refractivity contribution >= 4 is 23.0 Å². The van der Waals surface area contributed by atoms with Gasteiger partial charge in [-0.05, 0) is 49.2 Å². The molecule has 1 fully saturated rings. The highest BCUT2D eigenvalue weighted by atomic mass is 19.1. The Bertz CT molecular complexity index is 1070. The van der Waals surface area contributed by atoms with E-state index < -0.39 is 23.6 Å². The van der Waals surface area contributed by atoms with Crippen LogP contribution in [0.1, 0.15) is 30.4 Å². The number of carbonyl (C=O) groups is 1. The number of oxime groups is 1. The Hall–Kier alpha value is -3.51. The van der Waals surface area contributed by atoms with Crippen LogP contribution < -0.4 is 10.2 Å². The zero-order chi connectivity index (χ0) is 22.0. The number of nitrogens with one attached hydrogen (secondary N) is 1. The Morgan fingerprint density at radius 1 is 1.23 bits per heavy atom. The van der Waals surface area contributed by atoms with E-state index in [0.717, 1.165) is 23.9 Å². The Morgan fingerprint density at radius 3 is 2.74 bits per heavy atom. The van der Waals surface area contributed by atoms with Crippen molar-refractivity contribution < 1.29 is 23.5 Å². The lowest BCUT2D eigenvalue weighted by molar-refractivity contribution is -0.125. The molecule has 4 rings (SSSR count). The lowest BCUT2D eigenvalue weighted by atomic mass is 10.0. The summed E-state index contributed by atoms with van der Waals surface area (Å²) in [6.07, 6.45) is -0.0511. The summed E-state index contributed by atoms with van der Waals surface area (Å²) >= 11 is 0. The molecule has 160 valence electrons. The molecule has 0 radical (unpaired) electrons. The smallest absolute Gasteiger partial charge is 0.268 e. The summed E-state index contributed by atoms with van der Waals surface area (Å²) in [4.78, 5) is 19.7. The lowest BCUT2D eigenvalue weighted by Gasteiger charge is -2.32. The largest absolute Gasteiger partial charge is 0.393 e. The fraction of sp³-hybridized carbons (Fsp3) is 0.318. The minimum atomic E-state index is -0.994. The molecule has 1 atom stereocenters. The second kappa shape index (κ2) is 8.70. The van der Waals surface area contributed by atoms with Gasteiger partial charge < -0.3 is 20.2 Å². The maximum atomic E-state index is 13.9. The third kappa shape index (κ3) is 4.49. The number of piperidine rings is 1. The van der Waals surface area contributed by atoms with E-state index in [2.05, 4.69) is 16.5 Å². The summed E-state index contributed by atoms with van der Waals surface area (Å²) in [5, 5.41) is 25.6. The number of hydrogen-bond acceptors (Lipinski definition) is 6. The number of amides is 1. The normalized spacial score (nSPS) is 18.8. The topological polar surface area (TPSA) is 98.0 Å². The molecule has 2 aromatic rings. The van der Waals surface area contributed by atoms with Gasteiger partial charge in [0.1, 0.15) is 17.7 Å². The second-order valence-electron chi connectivity index (χ2n) is 7.51. The first-order valence-electron chi connectivity index (χ1n) is 9.90. The van der Waals surface area contributed by atoms with Crippen molar-refractivity contribution in [3.05, 3.63) is 59.2 Å². The molecule has 2 heterocycles. The molecule has 9 heteroatoms. The number of halogens is 2. The quantitative estimate of drug-likeness (QED) is 0.784. The van der Waals surface area contributed by atoms with Gasteiger partial charge in [-0.2, -0.15) is 5.26 Å². The highest BCUT2D eigenvalue weighted by molar-refractivity contribution is 6.06. The number of anilines is 2. The number of nitriles is 1. The van der Waals surface area contributed by atoms with E-state index in [0.29, 0.717) is 37.2 Å². The fourth-order valence-corrected chi connectivity index (χ4v) is 3.70. The van der Waals surface area contributed by atoms with Gasteiger partial charge >= 0.3 is 0 Å². The first-order valence-corrected chi connectivity index (χ1v) is 9.90. The van der Waals surface area contributed by atoms with Crippen LogP contribution >= 0.6 is 0 Å². The predicted molar refractivity (Wildman–Crippen MR) is 110 cm³/mol. The summed E-state index contributed by atoms with van der Waals surface area (Å²) in [6.45, 7) is 1.29. The predicted octanol–water partition coefficient (Wildman–Crippen LogP) is 2.93. The molecule has 0 unspecified atom stereocenters. The molecule has 0 saturated carbocycles. The molecule has 31 heavy (non-hydrogen) atoms. The van der Waals surface area contributed by atoms with Crippen molar-refractivity contribution in [2.24, 2.45) is 5.16 Å². The van der Waals surface area contributed by atoms with Gasteiger partial charge in [-0.25, -0.2) is 8.78 Å². The van der Waals surface area contributed by atoms with E-state index in [-0.39, 0.29) is 23.8 Å². The third-order valence-electron chi connectivity index (χ3n) is 5.39. The molecule has 1 saturated heterocycles. The van der Waals surface area contributed by atoms with Crippen LogP contribution in [0.2, 0.25) is 0 Å². The van der Waals surface area contributed by atoms with E-state index in [9.17, 15) is 23.9 Å². The standard InChI is InChI=1S/C22H20F2N4O3/c23-14-1-3-18(24)17(10-14)19-11-21(31-27-19)22(30)26-15-2-4-20(13(9-15)12-25)28-7-5-16(29)6-8-28/h1-4,9-10,16,21,29H,5-8,11H2,(H,26,30)/t21-/m0/s1. The number of rotatable bonds is 4. The average Bonchev–Trinajstić information content (AvgIpc) is 3.26. The molecule has 0 bridgehead atoms. The maximum Gasteiger partial charge on any atom is 0.268 e.